The van der Waals surface area contributed by atoms with E-state index in [1.807, 2.05) is 0 Å². The maximum Gasteiger partial charge on any atom is 0.303 e. The van der Waals surface area contributed by atoms with E-state index in [0.717, 1.165) is 38.1 Å². The van der Waals surface area contributed by atoms with Crippen LogP contribution in [0.15, 0.2) is 46.2 Å². The molecule has 0 bridgehead atoms. The third kappa shape index (κ3) is 8.62. The van der Waals surface area contributed by atoms with Crippen LogP contribution in [0.25, 0.3) is 0 Å². The molecule has 2 rings (SSSR count). The summed E-state index contributed by atoms with van der Waals surface area (Å²) in [5.41, 5.74) is -1.02. The molecule has 0 amide bonds. The lowest BCUT2D eigenvalue weighted by Crippen LogP contribution is -2.51. The number of nitro groups is 3. The van der Waals surface area contributed by atoms with Gasteiger partial charge in [0.1, 0.15) is 13.3 Å². The fraction of sp³-hybridized carbons (Fsp3) is 0.364. The van der Waals surface area contributed by atoms with Gasteiger partial charge in [0, 0.05) is 37.1 Å². The molecule has 0 aliphatic carbocycles. The van der Waals surface area contributed by atoms with Gasteiger partial charge in [0.15, 0.2) is 18.5 Å². The maximum atomic E-state index is 13.4. The van der Waals surface area contributed by atoms with Crippen LogP contribution >= 0.6 is 0 Å². The minimum absolute atomic E-state index is 0.0350. The highest BCUT2D eigenvalue weighted by Crippen LogP contribution is 2.27. The normalized spacial score (nSPS) is 11.7. The average molecular weight is 663 g/mol. The van der Waals surface area contributed by atoms with Crippen molar-refractivity contribution in [2.24, 2.45) is 0 Å². The highest BCUT2D eigenvalue weighted by atomic mass is 32.2. The molecule has 0 radical (unpaired) electrons. The lowest BCUT2D eigenvalue weighted by molar-refractivity contribution is -0.662. The van der Waals surface area contributed by atoms with E-state index >= 15 is 0 Å². The second kappa shape index (κ2) is 14.1. The Bertz CT molecular complexity index is 1580. The van der Waals surface area contributed by atoms with Crippen molar-refractivity contribution in [3.63, 3.8) is 0 Å². The smallest absolute Gasteiger partial charge is 0.303 e. The number of nitro benzene ring substituents is 2. The number of nitrogens with zero attached hydrogens (tertiary/aromatic N) is 6. The van der Waals surface area contributed by atoms with Gasteiger partial charge >= 0.3 is 11.9 Å². The number of hydrogen-bond donors (Lipinski definition) is 0. The quantitative estimate of drug-likeness (QED) is 0.112. The van der Waals surface area contributed by atoms with Crippen molar-refractivity contribution in [2.45, 2.75) is 37.5 Å². The lowest BCUT2D eigenvalue weighted by Gasteiger charge is -2.28. The van der Waals surface area contributed by atoms with Gasteiger partial charge in [-0.15, -0.1) is 8.61 Å². The molecule has 0 atom stereocenters. The molecule has 0 fully saturated rings. The molecule has 0 heterocycles. The highest BCUT2D eigenvalue weighted by molar-refractivity contribution is 7.89. The topological polar surface area (TPSA) is 260 Å². The lowest BCUT2D eigenvalue weighted by atomic mass is 10.2. The van der Waals surface area contributed by atoms with Crippen LogP contribution < -0.4 is 0 Å². The van der Waals surface area contributed by atoms with Crippen molar-refractivity contribution in [3.05, 3.63) is 77.9 Å². The minimum Gasteiger partial charge on any atom is -0.449 e. The Labute approximate surface area is 249 Å². The van der Waals surface area contributed by atoms with Crippen molar-refractivity contribution < 1.29 is 50.8 Å². The molecule has 0 aliphatic rings. The first-order chi connectivity index (χ1) is 20.3. The van der Waals surface area contributed by atoms with E-state index in [0.29, 0.717) is 12.1 Å². The van der Waals surface area contributed by atoms with E-state index < -0.39 is 94.8 Å². The Morgan fingerprint density at radius 3 is 1.32 bits per heavy atom. The zero-order valence-corrected chi connectivity index (χ0v) is 25.1. The highest BCUT2D eigenvalue weighted by Gasteiger charge is 2.36. The van der Waals surface area contributed by atoms with E-state index in [9.17, 15) is 56.8 Å². The number of rotatable bonds is 15. The summed E-state index contributed by atoms with van der Waals surface area (Å²) in [4.78, 5) is 54.6. The standard InChI is InChI=1S/C22H26N6O14S2/c1-15-5-7-19(9-21(15)26(31)32)43(37,38)24(13-41-17(3)29)11-23(28(35)36)12-25(14-42-18(4)30)44(39,40)20-8-6-16(2)22(10-20)27(33)34/h5-10H,11-14H2,1-4H3. The molecule has 20 nitrogen and oxygen atoms in total. The minimum atomic E-state index is -4.89. The fourth-order valence-corrected chi connectivity index (χ4v) is 5.95. The maximum absolute atomic E-state index is 13.4. The number of ether oxygens (including phenoxy) is 2. The third-order valence-electron chi connectivity index (χ3n) is 5.73. The monoisotopic (exact) mass is 662 g/mol. The fourth-order valence-electron chi connectivity index (χ4n) is 3.40. The Hall–Kier alpha value is -4.80. The van der Waals surface area contributed by atoms with Crippen molar-refractivity contribution in [1.29, 1.82) is 0 Å². The molecule has 0 N–H and O–H groups in total. The summed E-state index contributed by atoms with van der Waals surface area (Å²) in [6.45, 7) is -0.396. The van der Waals surface area contributed by atoms with Crippen LogP contribution in [0.1, 0.15) is 25.0 Å². The summed E-state index contributed by atoms with van der Waals surface area (Å²) < 4.78 is 63.7. The van der Waals surface area contributed by atoms with Crippen molar-refractivity contribution in [1.82, 2.24) is 13.6 Å². The third-order valence-corrected chi connectivity index (χ3v) is 9.23. The summed E-state index contributed by atoms with van der Waals surface area (Å²) in [6, 6.07) is 5.52. The summed E-state index contributed by atoms with van der Waals surface area (Å²) in [5.74, 6) is -2.01. The van der Waals surface area contributed by atoms with Gasteiger partial charge in [0.05, 0.1) is 19.6 Å². The van der Waals surface area contributed by atoms with Crippen LogP contribution in [-0.4, -0.2) is 84.1 Å². The van der Waals surface area contributed by atoms with Crippen LogP contribution in [-0.2, 0) is 39.1 Å². The average Bonchev–Trinajstić information content (AvgIpc) is 2.91. The molecular formula is C22H26N6O14S2. The van der Waals surface area contributed by atoms with E-state index in [2.05, 4.69) is 0 Å². The predicted molar refractivity (Wildman–Crippen MR) is 146 cm³/mol. The molecule has 240 valence electrons. The predicted octanol–water partition coefficient (Wildman–Crippen LogP) is 1.25. The molecule has 0 spiro atoms. The number of hydrazine groups is 1. The van der Waals surface area contributed by atoms with Crippen LogP contribution in [0.4, 0.5) is 11.4 Å². The molecule has 44 heavy (non-hydrogen) atoms. The first-order valence-electron chi connectivity index (χ1n) is 12.0. The van der Waals surface area contributed by atoms with E-state index in [1.54, 1.807) is 0 Å². The number of esters is 2. The molecule has 0 aliphatic heterocycles. The number of sulfonamides is 2. The van der Waals surface area contributed by atoms with Gasteiger partial charge in [0.2, 0.25) is 20.0 Å². The van der Waals surface area contributed by atoms with Gasteiger partial charge in [-0.25, -0.2) is 26.9 Å². The first-order valence-corrected chi connectivity index (χ1v) is 14.8. The van der Waals surface area contributed by atoms with Crippen molar-refractivity contribution in [2.75, 3.05) is 26.8 Å². The number of carbonyl (C=O) groups is 2. The van der Waals surface area contributed by atoms with Gasteiger partial charge in [0.25, 0.3) is 11.4 Å². The van der Waals surface area contributed by atoms with Crippen LogP contribution in [0.3, 0.4) is 0 Å². The number of hydrogen-bond acceptors (Lipinski definition) is 14. The summed E-state index contributed by atoms with van der Waals surface area (Å²) in [5, 5.41) is 33.6. The number of aryl methyl sites for hydroxylation is 2. The van der Waals surface area contributed by atoms with Gasteiger partial charge in [-0.05, 0) is 26.0 Å². The molecule has 0 saturated carbocycles. The largest absolute Gasteiger partial charge is 0.449 e. The number of benzene rings is 2. The van der Waals surface area contributed by atoms with Crippen molar-refractivity contribution >= 4 is 43.4 Å². The zero-order valence-electron chi connectivity index (χ0n) is 23.5. The molecule has 2 aromatic carbocycles. The van der Waals surface area contributed by atoms with Gasteiger partial charge in [-0.1, -0.05) is 17.1 Å². The van der Waals surface area contributed by atoms with Gasteiger partial charge in [-0.2, -0.15) is 0 Å². The zero-order chi connectivity index (χ0) is 33.6. The summed E-state index contributed by atoms with van der Waals surface area (Å²) in [6.07, 6.45) is 0. The van der Waals surface area contributed by atoms with Crippen LogP contribution in [0, 0.1) is 44.2 Å². The van der Waals surface area contributed by atoms with E-state index in [-0.39, 0.29) is 24.7 Å². The molecule has 22 heteroatoms. The second-order valence-corrected chi connectivity index (χ2v) is 12.8. The van der Waals surface area contributed by atoms with E-state index in [4.69, 9.17) is 9.47 Å². The Balaban J connectivity index is 2.59. The Kier molecular flexibility index (Phi) is 11.4. The summed E-state index contributed by atoms with van der Waals surface area (Å²) >= 11 is 0. The SMILES string of the molecule is CC(=O)OCN(CN(CN(COC(C)=O)S(=O)(=O)c1ccc(C)c([N+](=O)[O-])c1)[N+](=O)[O-])S(=O)(=O)c1ccc(C)c([N+](=O)[O-])c1. The molecule has 0 unspecified atom stereocenters. The molecular weight excluding hydrogens is 636 g/mol. The number of carbonyl (C=O) groups excluding carboxylic acids is 2. The molecule has 0 aromatic heterocycles. The van der Waals surface area contributed by atoms with E-state index in [1.165, 1.54) is 13.8 Å². The van der Waals surface area contributed by atoms with Crippen molar-refractivity contribution in [3.8, 4) is 0 Å². The van der Waals surface area contributed by atoms with Crippen LogP contribution in [0.2, 0.25) is 0 Å². The summed E-state index contributed by atoms with van der Waals surface area (Å²) in [7, 11) is -9.78. The van der Waals surface area contributed by atoms with Gasteiger partial charge < -0.3 is 9.47 Å². The Morgan fingerprint density at radius 1 is 0.705 bits per heavy atom. The van der Waals surface area contributed by atoms with Gasteiger partial charge in [-0.3, -0.25) is 29.8 Å². The van der Waals surface area contributed by atoms with Crippen LogP contribution in [0.5, 0.6) is 0 Å². The first kappa shape index (κ1) is 35.4. The second-order valence-electron chi connectivity index (χ2n) is 8.88. The molecule has 2 aromatic rings. The Morgan fingerprint density at radius 2 is 1.05 bits per heavy atom. The molecule has 0 saturated heterocycles.